The summed E-state index contributed by atoms with van der Waals surface area (Å²) in [5.41, 5.74) is 3.38. The van der Waals surface area contributed by atoms with Crippen LogP contribution in [0.4, 0.5) is 10.1 Å². The molecule has 1 heterocycles. The number of halogens is 2. The van der Waals surface area contributed by atoms with Gasteiger partial charge in [-0.3, -0.25) is 4.79 Å². The Morgan fingerprint density at radius 3 is 2.36 bits per heavy atom. The fraction of sp³-hybridized carbons (Fsp3) is 0.381. The Bertz CT molecular complexity index is 917. The van der Waals surface area contributed by atoms with E-state index in [2.05, 4.69) is 19.7 Å². The Morgan fingerprint density at radius 2 is 1.71 bits per heavy atom. The van der Waals surface area contributed by atoms with Gasteiger partial charge in [0.1, 0.15) is 21.5 Å². The Kier molecular flexibility index (Phi) is 4.73. The summed E-state index contributed by atoms with van der Waals surface area (Å²) < 4.78 is 13.3. The molecule has 1 aliphatic heterocycles. The van der Waals surface area contributed by atoms with Crippen LogP contribution in [0.15, 0.2) is 42.5 Å². The molecule has 2 aromatic carbocycles. The van der Waals surface area contributed by atoms with Crippen molar-refractivity contribution in [3.63, 3.8) is 0 Å². The highest BCUT2D eigenvalue weighted by atomic mass is 35.5. The van der Waals surface area contributed by atoms with Gasteiger partial charge in [0, 0.05) is 42.2 Å². The lowest BCUT2D eigenvalue weighted by Crippen LogP contribution is -2.51. The van der Waals surface area contributed by atoms with Gasteiger partial charge in [-0.1, -0.05) is 29.8 Å². The second-order valence-corrected chi connectivity index (χ2v) is 8.99. The fourth-order valence-electron chi connectivity index (χ4n) is 4.64. The predicted octanol–water partition coefficient (Wildman–Crippen LogP) is 2.16. The van der Waals surface area contributed by atoms with Crippen molar-refractivity contribution >= 4 is 38.9 Å². The highest BCUT2D eigenvalue weighted by molar-refractivity contribution is 6.41. The van der Waals surface area contributed by atoms with E-state index in [1.54, 1.807) is 0 Å². The summed E-state index contributed by atoms with van der Waals surface area (Å²) in [7, 11) is 4.16. The normalized spacial score (nSPS) is 27.0. The zero-order valence-corrected chi connectivity index (χ0v) is 17.4. The molecule has 7 heteroatoms. The summed E-state index contributed by atoms with van der Waals surface area (Å²) in [5, 5.41) is 0.0944. The Morgan fingerprint density at radius 1 is 1.07 bits per heavy atom. The summed E-state index contributed by atoms with van der Waals surface area (Å²) in [5.74, 6) is -0.0322. The van der Waals surface area contributed by atoms with Crippen molar-refractivity contribution in [1.29, 1.82) is 0 Å². The number of anilines is 1. The number of hydrogen-bond donors (Lipinski definition) is 0. The molecule has 0 N–H and O–H groups in total. The molecule has 1 aliphatic carbocycles. The van der Waals surface area contributed by atoms with Gasteiger partial charge in [-0.25, -0.2) is 4.39 Å². The molecular weight excluding hydrogens is 372 g/mol. The van der Waals surface area contributed by atoms with Crippen LogP contribution in [0.1, 0.15) is 17.5 Å². The average molecular weight is 397 g/mol. The first-order chi connectivity index (χ1) is 13.2. The van der Waals surface area contributed by atoms with E-state index in [9.17, 15) is 9.18 Å². The minimum Gasteiger partial charge on any atom is -0.368 e. The van der Waals surface area contributed by atoms with Crippen molar-refractivity contribution < 1.29 is 9.18 Å². The summed E-state index contributed by atoms with van der Waals surface area (Å²) in [4.78, 5) is 17.6. The third kappa shape index (κ3) is 3.12. The molecule has 0 radical (unpaired) electrons. The van der Waals surface area contributed by atoms with Gasteiger partial charge in [0.15, 0.2) is 0 Å². The molecule has 2 atom stereocenters. The van der Waals surface area contributed by atoms with E-state index in [1.165, 1.54) is 17.7 Å². The van der Waals surface area contributed by atoms with E-state index in [1.807, 2.05) is 43.1 Å². The molecule has 0 aromatic heterocycles. The number of piperazine rings is 1. The zero-order valence-electron chi connectivity index (χ0n) is 16.6. The summed E-state index contributed by atoms with van der Waals surface area (Å²) in [6.45, 7) is 5.11. The van der Waals surface area contributed by atoms with Gasteiger partial charge in [0.05, 0.1) is 0 Å². The van der Waals surface area contributed by atoms with Crippen LogP contribution in [0.5, 0.6) is 0 Å². The van der Waals surface area contributed by atoms with E-state index >= 15 is 0 Å². The van der Waals surface area contributed by atoms with E-state index < -0.39 is 5.31 Å². The van der Waals surface area contributed by atoms with Crippen LogP contribution in [0.3, 0.4) is 0 Å². The van der Waals surface area contributed by atoms with Gasteiger partial charge in [-0.2, -0.15) is 0 Å². The lowest BCUT2D eigenvalue weighted by molar-refractivity contribution is -0.132. The molecule has 4 rings (SSSR count). The Hall–Kier alpha value is -1.94. The Balaban J connectivity index is 1.44. The van der Waals surface area contributed by atoms with Crippen molar-refractivity contribution in [3.05, 3.63) is 64.4 Å². The first-order valence-electron chi connectivity index (χ1n) is 9.81. The second kappa shape index (κ2) is 6.84. The highest BCUT2D eigenvalue weighted by Crippen LogP contribution is 2.67. The van der Waals surface area contributed by atoms with Gasteiger partial charge in [-0.05, 0) is 54.1 Å². The number of hydrogen-bond acceptors (Lipinski definition) is 2. The first-order valence-corrected chi connectivity index (χ1v) is 10.2. The van der Waals surface area contributed by atoms with Crippen LogP contribution in [0.2, 0.25) is 10.3 Å². The zero-order chi connectivity index (χ0) is 20.1. The van der Waals surface area contributed by atoms with Crippen molar-refractivity contribution in [3.8, 4) is 0 Å². The molecule has 1 amide bonds. The summed E-state index contributed by atoms with van der Waals surface area (Å²) in [6.07, 6.45) is 0.804. The van der Waals surface area contributed by atoms with Gasteiger partial charge in [0.2, 0.25) is 5.91 Å². The lowest BCUT2D eigenvalue weighted by Gasteiger charge is -2.38. The van der Waals surface area contributed by atoms with Crippen molar-refractivity contribution in [1.82, 2.24) is 4.90 Å². The fourth-order valence-corrected chi connectivity index (χ4v) is 4.80. The molecule has 0 spiro atoms. The number of nitrogens with zero attached hydrogens (tertiary/aromatic N) is 2. The molecule has 2 aliphatic rings. The topological polar surface area (TPSA) is 23.6 Å². The van der Waals surface area contributed by atoms with Crippen LogP contribution in [-0.2, 0) is 10.1 Å². The molecule has 0 unspecified atom stereocenters. The monoisotopic (exact) mass is 396 g/mol. The largest absolute Gasteiger partial charge is 0.368 e. The number of rotatable bonds is 3. The third-order valence-electron chi connectivity index (χ3n) is 6.83. The smallest absolute Gasteiger partial charge is 0.220 e. The second-order valence-electron chi connectivity index (χ2n) is 8.56. The quantitative estimate of drug-likeness (QED) is 0.743. The number of carbonyl (C=O) groups excluding carboxylic acids is 1. The van der Waals surface area contributed by atoms with Crippen molar-refractivity contribution in [2.75, 3.05) is 31.1 Å². The van der Waals surface area contributed by atoms with Crippen LogP contribution in [0.25, 0.3) is 0 Å². The van der Waals surface area contributed by atoms with Gasteiger partial charge in [-0.15, -0.1) is 0 Å². The number of amides is 1. The molecule has 1 saturated carbocycles. The van der Waals surface area contributed by atoms with Crippen LogP contribution in [0, 0.1) is 12.7 Å². The minimum atomic E-state index is -0.418. The maximum absolute atomic E-state index is 13.3. The van der Waals surface area contributed by atoms with E-state index in [0.29, 0.717) is 13.1 Å². The molecule has 2 aromatic rings. The van der Waals surface area contributed by atoms with Crippen LogP contribution >= 0.6 is 11.6 Å². The number of aryl methyl sites for hydroxylation is 1. The van der Waals surface area contributed by atoms with Gasteiger partial charge in [0.25, 0.3) is 0 Å². The average Bonchev–Trinajstić information content (AvgIpc) is 3.27. The molecular formula is C21H24B2ClFN2O. The maximum Gasteiger partial charge on any atom is 0.220 e. The first kappa shape index (κ1) is 19.4. The Labute approximate surface area is 172 Å². The molecule has 3 nitrogen and oxygen atoms in total. The predicted molar refractivity (Wildman–Crippen MR) is 117 cm³/mol. The molecule has 28 heavy (non-hydrogen) atoms. The van der Waals surface area contributed by atoms with E-state index in [-0.39, 0.29) is 17.0 Å². The third-order valence-corrected chi connectivity index (χ3v) is 7.07. The van der Waals surface area contributed by atoms with E-state index in [4.69, 9.17) is 11.6 Å². The molecule has 144 valence electrons. The summed E-state index contributed by atoms with van der Waals surface area (Å²) in [6, 6.07) is 12.5. The van der Waals surface area contributed by atoms with Gasteiger partial charge >= 0.3 is 0 Å². The molecule has 1 saturated heterocycles. The van der Waals surface area contributed by atoms with Crippen LogP contribution in [-0.4, -0.2) is 52.7 Å². The molecule has 2 fully saturated rings. The van der Waals surface area contributed by atoms with Crippen LogP contribution < -0.4 is 4.90 Å². The lowest BCUT2D eigenvalue weighted by atomic mass is 9.63. The van der Waals surface area contributed by atoms with Gasteiger partial charge < -0.3 is 9.80 Å². The SMILES string of the molecule is B[C@@]1(c2ccc(F)cc2)C[C@]1(B)C(=O)N1CCN(c2cc(Cl)ccc2C)CC1. The van der Waals surface area contributed by atoms with Crippen molar-refractivity contribution in [2.24, 2.45) is 0 Å². The standard InChI is InChI=1S/C21H24B2ClFN2O/c1-14-2-5-16(24)12-18(14)26-8-10-27(11-9-26)19(28)21(23)13-20(21,22)15-3-6-17(25)7-4-15/h2-7,12H,8-11,13,22-23H2,1H3/t20-,21+/m1/s1. The highest BCUT2D eigenvalue weighted by Gasteiger charge is 2.66. The van der Waals surface area contributed by atoms with E-state index in [0.717, 1.165) is 35.8 Å². The molecule has 0 bridgehead atoms. The number of benzene rings is 2. The minimum absolute atomic E-state index is 0.210. The number of carbonyl (C=O) groups is 1. The van der Waals surface area contributed by atoms with Crippen molar-refractivity contribution in [2.45, 2.75) is 24.0 Å². The maximum atomic E-state index is 13.3. The summed E-state index contributed by atoms with van der Waals surface area (Å²) >= 11 is 6.17.